The van der Waals surface area contributed by atoms with Crippen molar-refractivity contribution in [2.75, 3.05) is 7.11 Å². The predicted molar refractivity (Wildman–Crippen MR) is 83.5 cm³/mol. The summed E-state index contributed by atoms with van der Waals surface area (Å²) >= 11 is 0. The molecule has 0 aliphatic rings. The number of rotatable bonds is 4. The second-order valence-corrected chi connectivity index (χ2v) is 4.58. The van der Waals surface area contributed by atoms with E-state index in [1.165, 1.54) is 25.5 Å². The van der Waals surface area contributed by atoms with Crippen LogP contribution in [0.25, 0.3) is 10.9 Å². The first-order chi connectivity index (χ1) is 10.7. The normalized spacial score (nSPS) is 11.1. The van der Waals surface area contributed by atoms with Crippen molar-refractivity contribution in [1.29, 1.82) is 0 Å². The van der Waals surface area contributed by atoms with E-state index < -0.39 is 0 Å². The zero-order valence-corrected chi connectivity index (χ0v) is 11.6. The molecule has 2 N–H and O–H groups in total. The van der Waals surface area contributed by atoms with Gasteiger partial charge in [0.1, 0.15) is 5.69 Å². The number of nitrogens with zero attached hydrogens (tertiary/aromatic N) is 3. The fourth-order valence-electron chi connectivity index (χ4n) is 2.08. The number of benzene rings is 2. The molecule has 0 bridgehead atoms. The number of nitrogens with one attached hydrogen (secondary N) is 1. The number of aromatic hydroxyl groups is 1. The van der Waals surface area contributed by atoms with Crippen LogP contribution in [0.15, 0.2) is 46.7 Å². The van der Waals surface area contributed by atoms with Crippen LogP contribution in [0, 0.1) is 4.91 Å². The third-order valence-corrected chi connectivity index (χ3v) is 3.19. The number of phenols is 1. The average molecular weight is 296 g/mol. The van der Waals surface area contributed by atoms with Crippen molar-refractivity contribution >= 4 is 28.5 Å². The Balaban J connectivity index is 1.98. The van der Waals surface area contributed by atoms with Gasteiger partial charge in [0.15, 0.2) is 11.5 Å². The molecule has 7 nitrogen and oxygen atoms in total. The number of phenolic OH excluding ortho intramolecular Hbond substituents is 1. The lowest BCUT2D eigenvalue weighted by molar-refractivity contribution is 0.373. The molecular weight excluding hydrogens is 284 g/mol. The van der Waals surface area contributed by atoms with Gasteiger partial charge in [-0.25, -0.2) is 0 Å². The third-order valence-electron chi connectivity index (χ3n) is 3.19. The van der Waals surface area contributed by atoms with Gasteiger partial charge in [-0.15, -0.1) is 4.91 Å². The maximum Gasteiger partial charge on any atom is 0.166 e. The number of ether oxygens (including phenoxy) is 1. The molecule has 110 valence electrons. The first kappa shape index (κ1) is 13.7. The van der Waals surface area contributed by atoms with Crippen LogP contribution in [0.5, 0.6) is 11.5 Å². The van der Waals surface area contributed by atoms with E-state index in [1.54, 1.807) is 6.20 Å². The molecule has 0 amide bonds. The lowest BCUT2D eigenvalue weighted by Gasteiger charge is -2.06. The number of aromatic amines is 1. The molecule has 0 spiro atoms. The first-order valence-corrected chi connectivity index (χ1v) is 6.43. The standard InChI is InChI=1S/C15H12N4O3/c1-22-14-6-12(19-21)5-10(15(14)20)7-16-11-2-3-13-9(4-11)8-17-18-13/h2-8,20H,1H3,(H,17,18). The van der Waals surface area contributed by atoms with Gasteiger partial charge < -0.3 is 9.84 Å². The maximum atomic E-state index is 10.7. The quantitative estimate of drug-likeness (QED) is 0.569. The molecule has 0 saturated heterocycles. The minimum absolute atomic E-state index is 0.0944. The zero-order valence-electron chi connectivity index (χ0n) is 11.6. The number of hydrogen-bond donors (Lipinski definition) is 2. The smallest absolute Gasteiger partial charge is 0.166 e. The molecule has 0 aliphatic heterocycles. The highest BCUT2D eigenvalue weighted by atomic mass is 16.5. The largest absolute Gasteiger partial charge is 0.504 e. The molecular formula is C15H12N4O3. The molecule has 22 heavy (non-hydrogen) atoms. The molecule has 1 heterocycles. The van der Waals surface area contributed by atoms with Gasteiger partial charge in [-0.2, -0.15) is 5.10 Å². The summed E-state index contributed by atoms with van der Waals surface area (Å²) in [7, 11) is 1.40. The van der Waals surface area contributed by atoms with Crippen LogP contribution in [0.2, 0.25) is 0 Å². The van der Waals surface area contributed by atoms with E-state index in [2.05, 4.69) is 20.4 Å². The highest BCUT2D eigenvalue weighted by molar-refractivity contribution is 5.89. The Bertz CT molecular complexity index is 870. The van der Waals surface area contributed by atoms with Crippen molar-refractivity contribution in [3.05, 3.63) is 47.0 Å². The fraction of sp³-hybridized carbons (Fsp3) is 0.0667. The SMILES string of the molecule is COc1cc(N=O)cc(C=Nc2ccc3[nH]ncc3c2)c1O. The number of aliphatic imine (C=N–C) groups is 1. The molecule has 0 aliphatic carbocycles. The average Bonchev–Trinajstić information content (AvgIpc) is 3.01. The number of nitroso groups, excluding NO2 is 1. The van der Waals surface area contributed by atoms with Crippen molar-refractivity contribution < 1.29 is 9.84 Å². The van der Waals surface area contributed by atoms with Crippen LogP contribution in [0.1, 0.15) is 5.56 Å². The van der Waals surface area contributed by atoms with Crippen LogP contribution in [-0.2, 0) is 0 Å². The number of fused-ring (bicyclic) bond motifs is 1. The Hall–Kier alpha value is -3.22. The minimum atomic E-state index is -0.0944. The van der Waals surface area contributed by atoms with E-state index in [-0.39, 0.29) is 17.2 Å². The topological polar surface area (TPSA) is 99.9 Å². The summed E-state index contributed by atoms with van der Waals surface area (Å²) < 4.78 is 5.00. The highest BCUT2D eigenvalue weighted by Crippen LogP contribution is 2.34. The molecule has 0 atom stereocenters. The molecule has 0 fully saturated rings. The Morgan fingerprint density at radius 1 is 1.27 bits per heavy atom. The molecule has 1 aromatic heterocycles. The lowest BCUT2D eigenvalue weighted by atomic mass is 10.1. The minimum Gasteiger partial charge on any atom is -0.504 e. The van der Waals surface area contributed by atoms with E-state index in [4.69, 9.17) is 4.74 Å². The fourth-order valence-corrected chi connectivity index (χ4v) is 2.08. The van der Waals surface area contributed by atoms with Gasteiger partial charge in [0.05, 0.1) is 24.5 Å². The summed E-state index contributed by atoms with van der Waals surface area (Å²) in [4.78, 5) is 15.0. The van der Waals surface area contributed by atoms with Gasteiger partial charge in [-0.1, -0.05) is 0 Å². The lowest BCUT2D eigenvalue weighted by Crippen LogP contribution is -1.89. The summed E-state index contributed by atoms with van der Waals surface area (Å²) in [5.41, 5.74) is 2.11. The van der Waals surface area contributed by atoms with E-state index >= 15 is 0 Å². The van der Waals surface area contributed by atoms with Gasteiger partial charge in [0.2, 0.25) is 0 Å². The van der Waals surface area contributed by atoms with Crippen LogP contribution < -0.4 is 4.74 Å². The summed E-state index contributed by atoms with van der Waals surface area (Å²) in [5, 5.41) is 20.6. The summed E-state index contributed by atoms with van der Waals surface area (Å²) in [5.74, 6) is 0.0758. The van der Waals surface area contributed by atoms with Crippen LogP contribution in [0.3, 0.4) is 0 Å². The van der Waals surface area contributed by atoms with E-state index in [1.807, 2.05) is 18.2 Å². The van der Waals surface area contributed by atoms with Crippen LogP contribution in [-0.4, -0.2) is 28.6 Å². The van der Waals surface area contributed by atoms with Crippen molar-refractivity contribution in [3.8, 4) is 11.5 Å². The van der Waals surface area contributed by atoms with Crippen LogP contribution in [0.4, 0.5) is 11.4 Å². The highest BCUT2D eigenvalue weighted by Gasteiger charge is 2.09. The Labute approximate surface area is 125 Å². The molecule has 0 unspecified atom stereocenters. The number of methoxy groups -OCH3 is 1. The number of H-pyrrole nitrogens is 1. The maximum absolute atomic E-state index is 10.7. The second kappa shape index (κ2) is 5.65. The van der Waals surface area contributed by atoms with Gasteiger partial charge in [0.25, 0.3) is 0 Å². The Morgan fingerprint density at radius 3 is 2.91 bits per heavy atom. The van der Waals surface area contributed by atoms with Crippen LogP contribution >= 0.6 is 0 Å². The van der Waals surface area contributed by atoms with Gasteiger partial charge in [0, 0.05) is 23.2 Å². The van der Waals surface area contributed by atoms with E-state index in [0.717, 1.165) is 10.9 Å². The number of hydrogen-bond acceptors (Lipinski definition) is 6. The summed E-state index contributed by atoms with van der Waals surface area (Å²) in [6.45, 7) is 0. The molecule has 3 rings (SSSR count). The first-order valence-electron chi connectivity index (χ1n) is 6.43. The van der Waals surface area contributed by atoms with E-state index in [9.17, 15) is 10.0 Å². The molecule has 0 saturated carbocycles. The van der Waals surface area contributed by atoms with E-state index in [0.29, 0.717) is 11.3 Å². The molecule has 7 heteroatoms. The van der Waals surface area contributed by atoms with Crippen molar-refractivity contribution in [1.82, 2.24) is 10.2 Å². The predicted octanol–water partition coefficient (Wildman–Crippen LogP) is 3.43. The monoisotopic (exact) mass is 296 g/mol. The summed E-state index contributed by atoms with van der Waals surface area (Å²) in [6, 6.07) is 8.32. The Morgan fingerprint density at radius 2 is 2.14 bits per heavy atom. The van der Waals surface area contributed by atoms with Crippen molar-refractivity contribution in [2.45, 2.75) is 0 Å². The summed E-state index contributed by atoms with van der Waals surface area (Å²) in [6.07, 6.45) is 3.15. The number of aromatic nitrogens is 2. The van der Waals surface area contributed by atoms with Gasteiger partial charge in [-0.3, -0.25) is 10.1 Å². The molecule has 0 radical (unpaired) electrons. The van der Waals surface area contributed by atoms with Crippen molar-refractivity contribution in [2.24, 2.45) is 10.2 Å². The van der Waals surface area contributed by atoms with Gasteiger partial charge in [-0.05, 0) is 29.4 Å². The third kappa shape index (κ3) is 2.51. The van der Waals surface area contributed by atoms with Crippen molar-refractivity contribution in [3.63, 3.8) is 0 Å². The molecule has 3 aromatic rings. The second-order valence-electron chi connectivity index (χ2n) is 4.58. The zero-order chi connectivity index (χ0) is 15.5. The molecule has 2 aromatic carbocycles. The Kier molecular flexibility index (Phi) is 3.53. The van der Waals surface area contributed by atoms with Gasteiger partial charge >= 0.3 is 0 Å².